The number of aromatic nitrogens is 2. The first-order valence-electron chi connectivity index (χ1n) is 25.8. The van der Waals surface area contributed by atoms with Gasteiger partial charge in [-0.05, 0) is 103 Å². The third-order valence-corrected chi connectivity index (χ3v) is 15.2. The highest BCUT2D eigenvalue weighted by molar-refractivity contribution is 6.10. The second kappa shape index (κ2) is 18.3. The van der Waals surface area contributed by atoms with Gasteiger partial charge >= 0.3 is 0 Å². The third kappa shape index (κ3) is 7.31. The van der Waals surface area contributed by atoms with E-state index in [4.69, 9.17) is 5.10 Å². The van der Waals surface area contributed by atoms with Crippen LogP contribution in [0.4, 0.5) is 17.1 Å². The average molecular weight is 956 g/mol. The van der Waals surface area contributed by atoms with Crippen molar-refractivity contribution in [3.05, 3.63) is 320 Å². The summed E-state index contributed by atoms with van der Waals surface area (Å²) < 4.78 is 2.18. The first-order chi connectivity index (χ1) is 37.2. The number of fused-ring (bicyclic) bond motifs is 6. The van der Waals surface area contributed by atoms with Gasteiger partial charge in [-0.15, -0.1) is 0 Å². The Morgan fingerprint density at radius 1 is 0.333 bits per heavy atom. The first kappa shape index (κ1) is 43.9. The molecule has 0 spiro atoms. The van der Waals surface area contributed by atoms with E-state index in [0.717, 1.165) is 89.2 Å². The molecule has 1 aliphatic rings. The van der Waals surface area contributed by atoms with Crippen LogP contribution in [-0.4, -0.2) is 9.61 Å². The van der Waals surface area contributed by atoms with Crippen molar-refractivity contribution in [2.24, 2.45) is 0 Å². The van der Waals surface area contributed by atoms with Gasteiger partial charge in [-0.25, -0.2) is 4.52 Å². The van der Waals surface area contributed by atoms with Gasteiger partial charge < -0.3 is 4.90 Å². The lowest BCUT2D eigenvalue weighted by Crippen LogP contribution is -2.28. The van der Waals surface area contributed by atoms with Crippen molar-refractivity contribution in [2.45, 2.75) is 5.41 Å². The van der Waals surface area contributed by atoms with E-state index in [1.165, 1.54) is 33.4 Å². The van der Waals surface area contributed by atoms with E-state index in [0.29, 0.717) is 0 Å². The number of rotatable bonds is 10. The Morgan fingerprint density at radius 3 is 1.41 bits per heavy atom. The highest BCUT2D eigenvalue weighted by Gasteiger charge is 2.47. The van der Waals surface area contributed by atoms with E-state index in [-0.39, 0.29) is 0 Å². The van der Waals surface area contributed by atoms with Crippen molar-refractivity contribution in [1.82, 2.24) is 9.61 Å². The largest absolute Gasteiger partial charge is 0.310 e. The van der Waals surface area contributed by atoms with Gasteiger partial charge in [0.25, 0.3) is 0 Å². The molecular weight excluding hydrogens is 907 g/mol. The molecule has 3 heteroatoms. The van der Waals surface area contributed by atoms with Crippen molar-refractivity contribution in [2.75, 3.05) is 4.90 Å². The van der Waals surface area contributed by atoms with Crippen molar-refractivity contribution in [1.29, 1.82) is 0 Å². The van der Waals surface area contributed by atoms with Gasteiger partial charge in [-0.1, -0.05) is 255 Å². The van der Waals surface area contributed by atoms with Crippen molar-refractivity contribution in [3.8, 4) is 67.0 Å². The van der Waals surface area contributed by atoms with Crippen LogP contribution in [0.1, 0.15) is 22.3 Å². The van der Waals surface area contributed by atoms with E-state index >= 15 is 0 Å². The molecule has 2 heterocycles. The number of nitrogens with zero attached hydrogens (tertiary/aromatic N) is 3. The summed E-state index contributed by atoms with van der Waals surface area (Å²) in [5, 5.41) is 7.77. The molecule has 0 fully saturated rings. The SMILES string of the molecule is c1ccc(-c2cc(-c3ccccc3)cc(N(c3ccc4c(c3)cc(-c3ccccc3)n3nc(-c5ccccc5)c(-c5ccccc5)c43)c3cccc4c3-c3ccccc3C4(c3ccccc3)c3ccccc3)c2)cc1. The zero-order chi connectivity index (χ0) is 49.7. The molecule has 13 aromatic rings. The summed E-state index contributed by atoms with van der Waals surface area (Å²) in [6.07, 6.45) is 0. The van der Waals surface area contributed by atoms with Crippen LogP contribution in [0.15, 0.2) is 297 Å². The smallest absolute Gasteiger partial charge is 0.101 e. The molecule has 0 amide bonds. The molecule has 0 saturated carbocycles. The lowest BCUT2D eigenvalue weighted by molar-refractivity contribution is 0.768. The Kier molecular flexibility index (Phi) is 10.7. The number of benzene rings is 11. The van der Waals surface area contributed by atoms with Crippen LogP contribution < -0.4 is 4.90 Å². The summed E-state index contributed by atoms with van der Waals surface area (Å²) in [5.41, 5.74) is 22.0. The summed E-state index contributed by atoms with van der Waals surface area (Å²) in [6.45, 7) is 0. The molecule has 0 aliphatic heterocycles. The summed E-state index contributed by atoms with van der Waals surface area (Å²) in [7, 11) is 0. The fraction of sp³-hybridized carbons (Fsp3) is 0.0139. The molecule has 11 aromatic carbocycles. The molecule has 0 saturated heterocycles. The lowest BCUT2D eigenvalue weighted by atomic mass is 9.68. The summed E-state index contributed by atoms with van der Waals surface area (Å²) in [5.74, 6) is 0. The Labute approximate surface area is 437 Å². The van der Waals surface area contributed by atoms with Crippen LogP contribution in [0, 0.1) is 0 Å². The summed E-state index contributed by atoms with van der Waals surface area (Å²) >= 11 is 0. The van der Waals surface area contributed by atoms with E-state index in [1.807, 2.05) is 0 Å². The van der Waals surface area contributed by atoms with Crippen LogP contribution in [0.3, 0.4) is 0 Å². The molecule has 352 valence electrons. The minimum absolute atomic E-state index is 0.580. The Hall–Kier alpha value is -9.83. The van der Waals surface area contributed by atoms with Crippen LogP contribution in [0.5, 0.6) is 0 Å². The van der Waals surface area contributed by atoms with Crippen molar-refractivity contribution < 1.29 is 0 Å². The maximum atomic E-state index is 5.55. The highest BCUT2D eigenvalue weighted by Crippen LogP contribution is 2.60. The molecule has 0 radical (unpaired) electrons. The molecule has 0 atom stereocenters. The Bertz CT molecular complexity index is 4100. The summed E-state index contributed by atoms with van der Waals surface area (Å²) in [4.78, 5) is 2.52. The quantitative estimate of drug-likeness (QED) is 0.136. The molecule has 3 nitrogen and oxygen atoms in total. The van der Waals surface area contributed by atoms with Crippen molar-refractivity contribution >= 4 is 33.4 Å². The van der Waals surface area contributed by atoms with Crippen LogP contribution >= 0.6 is 0 Å². The minimum Gasteiger partial charge on any atom is -0.310 e. The van der Waals surface area contributed by atoms with Gasteiger partial charge in [-0.2, -0.15) is 5.10 Å². The van der Waals surface area contributed by atoms with E-state index in [2.05, 4.69) is 307 Å². The Balaban J connectivity index is 1.10. The number of hydrogen-bond donors (Lipinski definition) is 0. The average Bonchev–Trinajstić information content (AvgIpc) is 4.07. The predicted octanol–water partition coefficient (Wildman–Crippen LogP) is 18.7. The fourth-order valence-corrected chi connectivity index (χ4v) is 12.0. The molecule has 2 aromatic heterocycles. The van der Waals surface area contributed by atoms with Crippen LogP contribution in [0.2, 0.25) is 0 Å². The number of hydrogen-bond acceptors (Lipinski definition) is 2. The van der Waals surface area contributed by atoms with Gasteiger partial charge in [-0.3, -0.25) is 0 Å². The number of anilines is 3. The second-order valence-electron chi connectivity index (χ2n) is 19.4. The van der Waals surface area contributed by atoms with Gasteiger partial charge in [0.1, 0.15) is 5.69 Å². The maximum absolute atomic E-state index is 5.55. The second-order valence-corrected chi connectivity index (χ2v) is 19.4. The van der Waals surface area contributed by atoms with Gasteiger partial charge in [0.05, 0.1) is 22.3 Å². The maximum Gasteiger partial charge on any atom is 0.101 e. The summed E-state index contributed by atoms with van der Waals surface area (Å²) in [6, 6.07) is 108. The molecule has 0 bridgehead atoms. The van der Waals surface area contributed by atoms with E-state index < -0.39 is 5.41 Å². The molecule has 0 unspecified atom stereocenters. The van der Waals surface area contributed by atoms with E-state index in [9.17, 15) is 0 Å². The molecule has 75 heavy (non-hydrogen) atoms. The first-order valence-corrected chi connectivity index (χ1v) is 25.8. The van der Waals surface area contributed by atoms with Crippen LogP contribution in [0.25, 0.3) is 83.3 Å². The topological polar surface area (TPSA) is 20.5 Å². The fourth-order valence-electron chi connectivity index (χ4n) is 12.0. The zero-order valence-electron chi connectivity index (χ0n) is 41.1. The standard InChI is InChI=1S/C72H49N3/c1-8-25-50(26-9-1)55-45-56(51-27-10-2-11-28-51)47-61(46-55)74(66-42-24-41-65-69(66)63-39-22-23-40-64(63)72(65,58-35-18-6-19-36-58)59-37-20-7-21-38-59)60-43-44-62-57(48-60)49-67(52-29-12-3-13-30-52)75-71(62)68(53-31-14-4-15-32-53)70(73-75)54-33-16-5-17-34-54/h1-49H. The van der Waals surface area contributed by atoms with E-state index in [1.54, 1.807) is 0 Å². The third-order valence-electron chi connectivity index (χ3n) is 15.2. The molecule has 14 rings (SSSR count). The normalized spacial score (nSPS) is 12.4. The monoisotopic (exact) mass is 955 g/mol. The van der Waals surface area contributed by atoms with Crippen molar-refractivity contribution in [3.63, 3.8) is 0 Å². The number of pyridine rings is 1. The van der Waals surface area contributed by atoms with Gasteiger partial charge in [0.15, 0.2) is 0 Å². The van der Waals surface area contributed by atoms with Crippen LogP contribution in [-0.2, 0) is 5.41 Å². The van der Waals surface area contributed by atoms with Gasteiger partial charge in [0.2, 0.25) is 0 Å². The molecule has 0 N–H and O–H groups in total. The van der Waals surface area contributed by atoms with Gasteiger partial charge in [0, 0.05) is 39.0 Å². The zero-order valence-corrected chi connectivity index (χ0v) is 41.1. The molecule has 1 aliphatic carbocycles. The minimum atomic E-state index is -0.580. The highest BCUT2D eigenvalue weighted by atomic mass is 15.2. The predicted molar refractivity (Wildman–Crippen MR) is 312 cm³/mol. The molecular formula is C72H49N3. The Morgan fingerprint density at radius 2 is 0.827 bits per heavy atom. The lowest BCUT2D eigenvalue weighted by Gasteiger charge is -2.34.